The zero-order valence-corrected chi connectivity index (χ0v) is 11.5. The number of hydrogen-bond donors (Lipinski definition) is 1. The largest absolute Gasteiger partial charge is 0.398 e. The first-order chi connectivity index (χ1) is 9.25. The van der Waals surface area contributed by atoms with Gasteiger partial charge in [-0.05, 0) is 52.9 Å². The van der Waals surface area contributed by atoms with Gasteiger partial charge in [-0.15, -0.1) is 0 Å². The molecule has 0 aliphatic carbocycles. The molecule has 1 aromatic carbocycles. The lowest BCUT2D eigenvalue weighted by molar-refractivity contribution is -0.118. The van der Waals surface area contributed by atoms with E-state index in [1.165, 1.54) is 0 Å². The molecule has 0 radical (unpaired) electrons. The number of nitrogens with two attached hydrogens (primary N) is 1. The Morgan fingerprint density at radius 1 is 1.37 bits per heavy atom. The van der Waals surface area contributed by atoms with Gasteiger partial charge in [0, 0.05) is 17.9 Å². The molecule has 1 aromatic heterocycles. The number of thiophene rings is 1. The molecule has 0 saturated carbocycles. The Bertz CT molecular complexity index is 592. The van der Waals surface area contributed by atoms with Gasteiger partial charge in [-0.1, -0.05) is 6.07 Å². The molecule has 1 aliphatic rings. The summed E-state index contributed by atoms with van der Waals surface area (Å²) in [6, 6.07) is 7.83. The molecular weight excluding hydrogens is 256 g/mol. The van der Waals surface area contributed by atoms with Gasteiger partial charge < -0.3 is 10.6 Å². The molecule has 98 valence electrons. The van der Waals surface area contributed by atoms with Gasteiger partial charge in [0.1, 0.15) is 0 Å². The van der Waals surface area contributed by atoms with E-state index in [4.69, 9.17) is 5.73 Å². The van der Waals surface area contributed by atoms with Crippen molar-refractivity contribution in [1.29, 1.82) is 0 Å². The zero-order valence-electron chi connectivity index (χ0n) is 10.6. The zero-order chi connectivity index (χ0) is 13.2. The van der Waals surface area contributed by atoms with Gasteiger partial charge in [0.05, 0.1) is 6.42 Å². The third-order valence-electron chi connectivity index (χ3n) is 3.52. The summed E-state index contributed by atoms with van der Waals surface area (Å²) in [5, 5.41) is 4.03. The van der Waals surface area contributed by atoms with E-state index in [9.17, 15) is 4.79 Å². The SMILES string of the molecule is Nc1cccc2c1CCCN2C(=O)Cc1ccsc1. The maximum atomic E-state index is 12.4. The Balaban J connectivity index is 1.87. The Labute approximate surface area is 116 Å². The number of amides is 1. The lowest BCUT2D eigenvalue weighted by Crippen LogP contribution is -2.36. The molecule has 3 nitrogen and oxygen atoms in total. The van der Waals surface area contributed by atoms with Crippen LogP contribution in [0.3, 0.4) is 0 Å². The summed E-state index contributed by atoms with van der Waals surface area (Å²) in [6.45, 7) is 0.791. The van der Waals surface area contributed by atoms with Gasteiger partial charge in [0.2, 0.25) is 5.91 Å². The van der Waals surface area contributed by atoms with E-state index in [1.807, 2.05) is 39.9 Å². The molecule has 0 bridgehead atoms. The fraction of sp³-hybridized carbons (Fsp3) is 0.267. The molecule has 0 spiro atoms. The van der Waals surface area contributed by atoms with Crippen LogP contribution in [0.2, 0.25) is 0 Å². The molecule has 0 unspecified atom stereocenters. The summed E-state index contributed by atoms with van der Waals surface area (Å²) in [5.41, 5.74) is 10.00. The second-order valence-corrected chi connectivity index (χ2v) is 5.58. The van der Waals surface area contributed by atoms with Gasteiger partial charge in [-0.3, -0.25) is 4.79 Å². The van der Waals surface area contributed by atoms with E-state index >= 15 is 0 Å². The Kier molecular flexibility index (Phi) is 3.25. The molecule has 19 heavy (non-hydrogen) atoms. The summed E-state index contributed by atoms with van der Waals surface area (Å²) in [6.07, 6.45) is 2.42. The number of fused-ring (bicyclic) bond motifs is 1. The number of rotatable bonds is 2. The van der Waals surface area contributed by atoms with E-state index in [1.54, 1.807) is 11.3 Å². The molecular formula is C15H16N2OS. The van der Waals surface area contributed by atoms with Gasteiger partial charge >= 0.3 is 0 Å². The van der Waals surface area contributed by atoms with Crippen molar-refractivity contribution < 1.29 is 4.79 Å². The average Bonchev–Trinajstić information content (AvgIpc) is 2.91. The highest BCUT2D eigenvalue weighted by Crippen LogP contribution is 2.31. The Morgan fingerprint density at radius 2 is 2.26 bits per heavy atom. The van der Waals surface area contributed by atoms with Crippen molar-refractivity contribution in [3.8, 4) is 0 Å². The van der Waals surface area contributed by atoms with Crippen molar-refractivity contribution in [3.63, 3.8) is 0 Å². The first kappa shape index (κ1) is 12.2. The van der Waals surface area contributed by atoms with E-state index in [2.05, 4.69) is 0 Å². The van der Waals surface area contributed by atoms with Crippen LogP contribution in [0.1, 0.15) is 17.5 Å². The quantitative estimate of drug-likeness (QED) is 0.854. The summed E-state index contributed by atoms with van der Waals surface area (Å²) in [7, 11) is 0. The van der Waals surface area contributed by atoms with Crippen LogP contribution in [0.4, 0.5) is 11.4 Å². The molecule has 4 heteroatoms. The van der Waals surface area contributed by atoms with E-state index < -0.39 is 0 Å². The van der Waals surface area contributed by atoms with Crippen molar-refractivity contribution in [2.45, 2.75) is 19.3 Å². The molecule has 0 atom stereocenters. The fourth-order valence-corrected chi connectivity index (χ4v) is 3.24. The minimum atomic E-state index is 0.157. The van der Waals surface area contributed by atoms with Crippen LogP contribution in [0, 0.1) is 0 Å². The third kappa shape index (κ3) is 2.36. The number of benzene rings is 1. The molecule has 1 aliphatic heterocycles. The highest BCUT2D eigenvalue weighted by molar-refractivity contribution is 7.08. The van der Waals surface area contributed by atoms with Crippen molar-refractivity contribution >= 4 is 28.6 Å². The van der Waals surface area contributed by atoms with Crippen molar-refractivity contribution in [3.05, 3.63) is 46.2 Å². The van der Waals surface area contributed by atoms with Crippen LogP contribution < -0.4 is 10.6 Å². The first-order valence-corrected chi connectivity index (χ1v) is 7.39. The summed E-state index contributed by atoms with van der Waals surface area (Å²) >= 11 is 1.63. The lowest BCUT2D eigenvalue weighted by atomic mass is 9.99. The molecule has 2 N–H and O–H groups in total. The Morgan fingerprint density at radius 3 is 3.05 bits per heavy atom. The molecule has 2 aromatic rings. The van der Waals surface area contributed by atoms with E-state index in [0.29, 0.717) is 6.42 Å². The minimum Gasteiger partial charge on any atom is -0.398 e. The van der Waals surface area contributed by atoms with Gasteiger partial charge in [0.25, 0.3) is 0 Å². The number of carbonyl (C=O) groups excluding carboxylic acids is 1. The van der Waals surface area contributed by atoms with Crippen LogP contribution in [0.15, 0.2) is 35.0 Å². The van der Waals surface area contributed by atoms with E-state index in [0.717, 1.165) is 41.9 Å². The Hall–Kier alpha value is -1.81. The maximum absolute atomic E-state index is 12.4. The van der Waals surface area contributed by atoms with Crippen LogP contribution >= 0.6 is 11.3 Å². The second kappa shape index (κ2) is 5.05. The number of anilines is 2. The smallest absolute Gasteiger partial charge is 0.231 e. The average molecular weight is 272 g/mol. The number of nitrogen functional groups attached to an aromatic ring is 1. The van der Waals surface area contributed by atoms with Gasteiger partial charge in [-0.2, -0.15) is 11.3 Å². The highest BCUT2D eigenvalue weighted by Gasteiger charge is 2.23. The monoisotopic (exact) mass is 272 g/mol. The first-order valence-electron chi connectivity index (χ1n) is 6.44. The fourth-order valence-electron chi connectivity index (χ4n) is 2.57. The second-order valence-electron chi connectivity index (χ2n) is 4.80. The van der Waals surface area contributed by atoms with Gasteiger partial charge in [0.15, 0.2) is 0 Å². The number of carbonyl (C=O) groups is 1. The third-order valence-corrected chi connectivity index (χ3v) is 4.26. The molecule has 0 fully saturated rings. The number of nitrogens with zero attached hydrogens (tertiary/aromatic N) is 1. The van der Waals surface area contributed by atoms with Crippen molar-refractivity contribution in [2.75, 3.05) is 17.2 Å². The molecule has 1 amide bonds. The molecule has 2 heterocycles. The van der Waals surface area contributed by atoms with Crippen molar-refractivity contribution in [2.24, 2.45) is 0 Å². The van der Waals surface area contributed by atoms with Crippen LogP contribution in [-0.4, -0.2) is 12.5 Å². The summed E-state index contributed by atoms with van der Waals surface area (Å²) < 4.78 is 0. The predicted octanol–water partition coefficient (Wildman–Crippen LogP) is 2.85. The maximum Gasteiger partial charge on any atom is 0.231 e. The van der Waals surface area contributed by atoms with E-state index in [-0.39, 0.29) is 5.91 Å². The van der Waals surface area contributed by atoms with Crippen LogP contribution in [-0.2, 0) is 17.6 Å². The standard InChI is InChI=1S/C15H16N2OS/c16-13-4-1-5-14-12(13)3-2-7-17(14)15(18)9-11-6-8-19-10-11/h1,4-6,8,10H,2-3,7,9,16H2. The highest BCUT2D eigenvalue weighted by atomic mass is 32.1. The molecule has 0 saturated heterocycles. The molecule has 3 rings (SSSR count). The van der Waals surface area contributed by atoms with Gasteiger partial charge in [-0.25, -0.2) is 0 Å². The lowest BCUT2D eigenvalue weighted by Gasteiger charge is -2.30. The predicted molar refractivity (Wildman–Crippen MR) is 79.6 cm³/mol. The normalized spacial score (nSPS) is 14.2. The summed E-state index contributed by atoms with van der Waals surface area (Å²) in [4.78, 5) is 14.3. The van der Waals surface area contributed by atoms with Crippen LogP contribution in [0.5, 0.6) is 0 Å². The number of hydrogen-bond acceptors (Lipinski definition) is 3. The minimum absolute atomic E-state index is 0.157. The topological polar surface area (TPSA) is 46.3 Å². The summed E-state index contributed by atoms with van der Waals surface area (Å²) in [5.74, 6) is 0.157. The van der Waals surface area contributed by atoms with Crippen molar-refractivity contribution in [1.82, 2.24) is 0 Å². The van der Waals surface area contributed by atoms with Crippen LogP contribution in [0.25, 0.3) is 0 Å².